The highest BCUT2D eigenvalue weighted by molar-refractivity contribution is 5.87. The van der Waals surface area contributed by atoms with Crippen LogP contribution >= 0.6 is 0 Å². The quantitative estimate of drug-likeness (QED) is 0.712. The number of aliphatic hydroxyl groups excluding tert-OH is 1. The van der Waals surface area contributed by atoms with E-state index in [1.165, 1.54) is 12.3 Å². The SMILES string of the molecule is CC(C)(C)[C@@H]1Cn2nc(-c3ccccc3CO)cc2-c2cc(=O)c(C(=O)O)cn21. The van der Waals surface area contributed by atoms with Gasteiger partial charge in [0.25, 0.3) is 0 Å². The first-order valence-electron chi connectivity index (χ1n) is 9.47. The maximum atomic E-state index is 12.4. The lowest BCUT2D eigenvalue weighted by atomic mass is 9.85. The number of carboxylic acids is 1. The Morgan fingerprint density at radius 2 is 1.93 bits per heavy atom. The van der Waals surface area contributed by atoms with Gasteiger partial charge in [-0.05, 0) is 17.0 Å². The van der Waals surface area contributed by atoms with Gasteiger partial charge in [-0.15, -0.1) is 0 Å². The summed E-state index contributed by atoms with van der Waals surface area (Å²) in [5, 5.41) is 23.8. The molecule has 0 saturated heterocycles. The Bertz CT molecular complexity index is 1170. The first-order chi connectivity index (χ1) is 13.7. The third-order valence-corrected chi connectivity index (χ3v) is 5.50. The van der Waals surface area contributed by atoms with Crippen LogP contribution in [0.4, 0.5) is 0 Å². The van der Waals surface area contributed by atoms with Crippen LogP contribution in [-0.4, -0.2) is 30.5 Å². The number of aromatic nitrogens is 3. The molecule has 1 aromatic carbocycles. The second-order valence-corrected chi connectivity index (χ2v) is 8.44. The monoisotopic (exact) mass is 393 g/mol. The van der Waals surface area contributed by atoms with Gasteiger partial charge in [-0.25, -0.2) is 4.79 Å². The van der Waals surface area contributed by atoms with E-state index in [1.807, 2.05) is 39.6 Å². The van der Waals surface area contributed by atoms with Crippen LogP contribution in [-0.2, 0) is 13.2 Å². The van der Waals surface area contributed by atoms with Crippen molar-refractivity contribution in [1.82, 2.24) is 14.3 Å². The van der Waals surface area contributed by atoms with Crippen molar-refractivity contribution in [2.24, 2.45) is 5.41 Å². The molecule has 7 heteroatoms. The molecule has 0 bridgehead atoms. The van der Waals surface area contributed by atoms with E-state index in [0.29, 0.717) is 17.9 Å². The zero-order chi connectivity index (χ0) is 20.9. The number of carboxylic acid groups (broad SMARTS) is 1. The standard InChI is InChI=1S/C22H23N3O4/c1-22(2,3)20-11-25-18(17-9-19(27)15(21(28)29)10-24(17)20)8-16(23-25)14-7-5-4-6-13(14)12-26/h4-10,20,26H,11-12H2,1-3H3,(H,28,29)/t20-/m0/s1. The van der Waals surface area contributed by atoms with Gasteiger partial charge in [0.15, 0.2) is 5.43 Å². The van der Waals surface area contributed by atoms with Crippen LogP contribution in [0.5, 0.6) is 0 Å². The molecule has 150 valence electrons. The summed E-state index contributed by atoms with van der Waals surface area (Å²) >= 11 is 0. The average molecular weight is 393 g/mol. The smallest absolute Gasteiger partial charge is 0.341 e. The lowest BCUT2D eigenvalue weighted by molar-refractivity contribution is 0.0693. The molecular weight excluding hydrogens is 370 g/mol. The molecule has 0 saturated carbocycles. The van der Waals surface area contributed by atoms with Gasteiger partial charge in [0.2, 0.25) is 0 Å². The molecule has 2 N–H and O–H groups in total. The summed E-state index contributed by atoms with van der Waals surface area (Å²) < 4.78 is 3.76. The van der Waals surface area contributed by atoms with Crippen molar-refractivity contribution in [3.63, 3.8) is 0 Å². The van der Waals surface area contributed by atoms with E-state index in [2.05, 4.69) is 20.8 Å². The Morgan fingerprint density at radius 1 is 1.21 bits per heavy atom. The van der Waals surface area contributed by atoms with Crippen molar-refractivity contribution in [3.8, 4) is 22.6 Å². The van der Waals surface area contributed by atoms with Gasteiger partial charge in [0, 0.05) is 17.8 Å². The fraction of sp³-hybridized carbons (Fsp3) is 0.318. The molecule has 0 fully saturated rings. The lowest BCUT2D eigenvalue weighted by Gasteiger charge is -2.38. The summed E-state index contributed by atoms with van der Waals surface area (Å²) in [4.78, 5) is 23.9. The molecule has 0 amide bonds. The number of pyridine rings is 1. The Morgan fingerprint density at radius 3 is 2.59 bits per heavy atom. The molecule has 3 aromatic rings. The maximum Gasteiger partial charge on any atom is 0.341 e. The van der Waals surface area contributed by atoms with E-state index >= 15 is 0 Å². The van der Waals surface area contributed by atoms with Crippen molar-refractivity contribution in [3.05, 3.63) is 63.9 Å². The molecule has 7 nitrogen and oxygen atoms in total. The molecule has 29 heavy (non-hydrogen) atoms. The van der Waals surface area contributed by atoms with Crippen molar-refractivity contribution < 1.29 is 15.0 Å². The molecule has 0 unspecified atom stereocenters. The number of aliphatic hydroxyl groups is 1. The highest BCUT2D eigenvalue weighted by Gasteiger charge is 2.34. The topological polar surface area (TPSA) is 97.3 Å². The maximum absolute atomic E-state index is 12.4. The number of fused-ring (bicyclic) bond motifs is 3. The minimum Gasteiger partial charge on any atom is -0.477 e. The number of nitrogens with zero attached hydrogens (tertiary/aromatic N) is 3. The highest BCUT2D eigenvalue weighted by atomic mass is 16.4. The number of hydrogen-bond donors (Lipinski definition) is 2. The van der Waals surface area contributed by atoms with Gasteiger partial charge >= 0.3 is 5.97 Å². The van der Waals surface area contributed by atoms with Crippen LogP contribution in [0.1, 0.15) is 42.7 Å². The van der Waals surface area contributed by atoms with Crippen LogP contribution in [0.15, 0.2) is 47.4 Å². The van der Waals surface area contributed by atoms with E-state index in [1.54, 1.807) is 0 Å². The van der Waals surface area contributed by atoms with Crippen LogP contribution in [0.3, 0.4) is 0 Å². The predicted octanol–water partition coefficient (Wildman–Crippen LogP) is 3.17. The van der Waals surface area contributed by atoms with Gasteiger partial charge in [0.1, 0.15) is 5.56 Å². The van der Waals surface area contributed by atoms with Crippen LogP contribution in [0.2, 0.25) is 0 Å². The second-order valence-electron chi connectivity index (χ2n) is 8.44. The van der Waals surface area contributed by atoms with E-state index in [0.717, 1.165) is 16.8 Å². The number of aromatic carboxylic acids is 1. The predicted molar refractivity (Wildman–Crippen MR) is 109 cm³/mol. The summed E-state index contributed by atoms with van der Waals surface area (Å²) in [7, 11) is 0. The first-order valence-corrected chi connectivity index (χ1v) is 9.47. The van der Waals surface area contributed by atoms with Crippen LogP contribution in [0.25, 0.3) is 22.6 Å². The van der Waals surface area contributed by atoms with Gasteiger partial charge in [-0.3, -0.25) is 9.48 Å². The van der Waals surface area contributed by atoms with E-state index < -0.39 is 11.4 Å². The number of carbonyl (C=O) groups is 1. The molecule has 1 atom stereocenters. The number of rotatable bonds is 3. The van der Waals surface area contributed by atoms with Crippen LogP contribution < -0.4 is 5.43 Å². The summed E-state index contributed by atoms with van der Waals surface area (Å²) in [6, 6.07) is 10.7. The molecule has 1 aliphatic rings. The molecular formula is C22H23N3O4. The summed E-state index contributed by atoms with van der Waals surface area (Å²) in [6.07, 6.45) is 1.45. The van der Waals surface area contributed by atoms with Crippen molar-refractivity contribution in [1.29, 1.82) is 0 Å². The first kappa shape index (κ1) is 19.1. The minimum atomic E-state index is -1.23. The third kappa shape index (κ3) is 3.17. The summed E-state index contributed by atoms with van der Waals surface area (Å²) in [5.41, 5.74) is 2.76. The zero-order valence-electron chi connectivity index (χ0n) is 16.6. The normalized spacial score (nSPS) is 15.7. The molecule has 4 rings (SSSR count). The number of benzene rings is 1. The highest BCUT2D eigenvalue weighted by Crippen LogP contribution is 2.40. The minimum absolute atomic E-state index is 0.0791. The van der Waals surface area contributed by atoms with Crippen LogP contribution in [0, 0.1) is 5.41 Å². The molecule has 2 aromatic heterocycles. The zero-order valence-corrected chi connectivity index (χ0v) is 16.6. The average Bonchev–Trinajstić information content (AvgIpc) is 3.10. The van der Waals surface area contributed by atoms with Crippen molar-refractivity contribution in [2.45, 2.75) is 40.0 Å². The van der Waals surface area contributed by atoms with Gasteiger partial charge in [0.05, 0.1) is 36.3 Å². The van der Waals surface area contributed by atoms with Gasteiger partial charge < -0.3 is 14.8 Å². The van der Waals surface area contributed by atoms with E-state index in [9.17, 15) is 19.8 Å². The molecule has 0 radical (unpaired) electrons. The van der Waals surface area contributed by atoms with Crippen molar-refractivity contribution in [2.75, 3.05) is 0 Å². The summed E-state index contributed by atoms with van der Waals surface area (Å²) in [5.74, 6) is -1.23. The Labute approximate surface area is 167 Å². The van der Waals surface area contributed by atoms with E-state index in [-0.39, 0.29) is 23.6 Å². The Kier molecular flexibility index (Phi) is 4.42. The number of hydrogen-bond acceptors (Lipinski definition) is 4. The van der Waals surface area contributed by atoms with E-state index in [4.69, 9.17) is 5.10 Å². The van der Waals surface area contributed by atoms with Crippen molar-refractivity contribution >= 4 is 5.97 Å². The fourth-order valence-corrected chi connectivity index (χ4v) is 3.92. The second kappa shape index (κ2) is 6.70. The molecule has 0 aliphatic carbocycles. The van der Waals surface area contributed by atoms with Gasteiger partial charge in [-0.1, -0.05) is 45.0 Å². The Balaban J connectivity index is 1.95. The third-order valence-electron chi connectivity index (χ3n) is 5.50. The molecule has 1 aliphatic heterocycles. The molecule has 3 heterocycles. The van der Waals surface area contributed by atoms with Gasteiger partial charge in [-0.2, -0.15) is 5.10 Å². The lowest BCUT2D eigenvalue weighted by Crippen LogP contribution is -2.35. The largest absolute Gasteiger partial charge is 0.477 e. The Hall–Kier alpha value is -3.19. The molecule has 0 spiro atoms. The summed E-state index contributed by atoms with van der Waals surface area (Å²) in [6.45, 7) is 6.69. The fourth-order valence-electron chi connectivity index (χ4n) is 3.92.